The third-order valence-corrected chi connectivity index (χ3v) is 5.28. The summed E-state index contributed by atoms with van der Waals surface area (Å²) in [6, 6.07) is 0. The van der Waals surface area contributed by atoms with Gasteiger partial charge in [-0.05, 0) is 40.2 Å². The van der Waals surface area contributed by atoms with Crippen molar-refractivity contribution in [3.05, 3.63) is 0 Å². The summed E-state index contributed by atoms with van der Waals surface area (Å²) in [7, 11) is 2.14. The van der Waals surface area contributed by atoms with Gasteiger partial charge in [0.2, 0.25) is 0 Å². The molecule has 1 unspecified atom stereocenters. The molecule has 1 fully saturated rings. The Kier molecular flexibility index (Phi) is 26.3. The van der Waals surface area contributed by atoms with E-state index in [0.29, 0.717) is 18.6 Å². The predicted octanol–water partition coefficient (Wildman–Crippen LogP) is 6.87. The molecule has 1 atom stereocenters. The number of carboxylic acid groups (broad SMARTS) is 1. The molecule has 0 radical (unpaired) electrons. The zero-order chi connectivity index (χ0) is 23.7. The van der Waals surface area contributed by atoms with Crippen molar-refractivity contribution in [3.63, 3.8) is 0 Å². The first-order valence-electron chi connectivity index (χ1n) is 12.9. The molecule has 1 aliphatic heterocycles. The summed E-state index contributed by atoms with van der Waals surface area (Å²) in [5.74, 6) is -0.673. The first-order chi connectivity index (χ1) is 15.0. The van der Waals surface area contributed by atoms with Gasteiger partial charge in [0.1, 0.15) is 6.29 Å². The van der Waals surface area contributed by atoms with Gasteiger partial charge in [0.25, 0.3) is 0 Å². The molecule has 0 aromatic rings. The quantitative estimate of drug-likeness (QED) is 0.196. The minimum atomic E-state index is -0.673. The van der Waals surface area contributed by atoms with Crippen molar-refractivity contribution in [2.45, 2.75) is 136 Å². The van der Waals surface area contributed by atoms with Crippen LogP contribution in [-0.4, -0.2) is 54.6 Å². The number of ether oxygens (including phenoxy) is 1. The molecule has 1 saturated heterocycles. The molecule has 186 valence electrons. The number of hydrogen-bond acceptors (Lipinski definition) is 4. The van der Waals surface area contributed by atoms with Gasteiger partial charge in [-0.2, -0.15) is 0 Å². The van der Waals surface area contributed by atoms with Crippen LogP contribution in [0.5, 0.6) is 0 Å². The lowest BCUT2D eigenvalue weighted by Crippen LogP contribution is -2.21. The van der Waals surface area contributed by atoms with Crippen LogP contribution in [0.25, 0.3) is 0 Å². The number of carbonyl (C=O) groups excluding carboxylic acids is 1. The van der Waals surface area contributed by atoms with Crippen molar-refractivity contribution >= 4 is 12.3 Å². The van der Waals surface area contributed by atoms with Gasteiger partial charge in [-0.1, -0.05) is 78.1 Å². The van der Waals surface area contributed by atoms with E-state index < -0.39 is 5.97 Å². The number of hydrogen-bond donors (Lipinski definition) is 1. The molecule has 0 aromatic carbocycles. The molecule has 0 bridgehead atoms. The summed E-state index contributed by atoms with van der Waals surface area (Å²) in [6.07, 6.45) is 18.5. The molecule has 5 nitrogen and oxygen atoms in total. The van der Waals surface area contributed by atoms with Gasteiger partial charge in [-0.15, -0.1) is 0 Å². The fraction of sp³-hybridized carbons (Fsp3) is 0.923. The van der Waals surface area contributed by atoms with E-state index in [1.54, 1.807) is 0 Å². The van der Waals surface area contributed by atoms with E-state index in [2.05, 4.69) is 25.8 Å². The molecule has 1 aliphatic rings. The van der Waals surface area contributed by atoms with Crippen LogP contribution >= 0.6 is 0 Å². The van der Waals surface area contributed by atoms with Crippen molar-refractivity contribution in [2.24, 2.45) is 0 Å². The number of unbranched alkanes of at least 4 members (excludes halogenated alkanes) is 12. The highest BCUT2D eigenvalue weighted by molar-refractivity contribution is 5.66. The summed E-state index contributed by atoms with van der Waals surface area (Å²) in [5, 5.41) is 8.49. The smallest absolute Gasteiger partial charge is 0.303 e. The Labute approximate surface area is 193 Å². The highest BCUT2D eigenvalue weighted by atomic mass is 16.5. The topological polar surface area (TPSA) is 66.8 Å². The van der Waals surface area contributed by atoms with Crippen molar-refractivity contribution in [2.75, 3.05) is 20.1 Å². The van der Waals surface area contributed by atoms with Gasteiger partial charge in [-0.25, -0.2) is 0 Å². The van der Waals surface area contributed by atoms with Gasteiger partial charge < -0.3 is 19.5 Å². The lowest BCUT2D eigenvalue weighted by Gasteiger charge is -2.14. The van der Waals surface area contributed by atoms with E-state index >= 15 is 0 Å². The van der Waals surface area contributed by atoms with E-state index in [0.717, 1.165) is 38.5 Å². The lowest BCUT2D eigenvalue weighted by molar-refractivity contribution is -0.137. The lowest BCUT2D eigenvalue weighted by atomic mass is 10.0. The zero-order valence-electron chi connectivity index (χ0n) is 21.4. The summed E-state index contributed by atoms with van der Waals surface area (Å²) >= 11 is 0. The molecule has 31 heavy (non-hydrogen) atoms. The number of carbonyl (C=O) groups is 2. The Bertz CT molecular complexity index is 388. The molecule has 1 N–H and O–H groups in total. The molecule has 5 heteroatoms. The van der Waals surface area contributed by atoms with Crippen LogP contribution in [-0.2, 0) is 14.3 Å². The highest BCUT2D eigenvalue weighted by Crippen LogP contribution is 2.13. The van der Waals surface area contributed by atoms with E-state index in [1.807, 2.05) is 13.8 Å². The van der Waals surface area contributed by atoms with Crippen LogP contribution in [0.1, 0.15) is 124 Å². The maximum absolute atomic E-state index is 10.3. The maximum atomic E-state index is 10.3. The SMILES string of the molecule is CC.CC(C)OC1CCN(C)C1.O=CCCCCCCCCCCCCCCC(=O)O. The van der Waals surface area contributed by atoms with Crippen LogP contribution in [0.15, 0.2) is 0 Å². The second-order valence-electron chi connectivity index (χ2n) is 8.70. The summed E-state index contributed by atoms with van der Waals surface area (Å²) in [5.41, 5.74) is 0. The van der Waals surface area contributed by atoms with Crippen LogP contribution < -0.4 is 0 Å². The van der Waals surface area contributed by atoms with Gasteiger partial charge in [0.15, 0.2) is 0 Å². The Morgan fingerprint density at radius 2 is 1.39 bits per heavy atom. The van der Waals surface area contributed by atoms with Gasteiger partial charge >= 0.3 is 5.97 Å². The molecular weight excluding hydrogens is 390 g/mol. The van der Waals surface area contributed by atoms with Crippen molar-refractivity contribution in [1.82, 2.24) is 4.90 Å². The fourth-order valence-corrected chi connectivity index (χ4v) is 3.66. The normalized spacial score (nSPS) is 15.7. The van der Waals surface area contributed by atoms with E-state index in [1.165, 1.54) is 70.8 Å². The van der Waals surface area contributed by atoms with Crippen LogP contribution in [0, 0.1) is 0 Å². The summed E-state index contributed by atoms with van der Waals surface area (Å²) in [6.45, 7) is 10.5. The van der Waals surface area contributed by atoms with E-state index in [9.17, 15) is 9.59 Å². The molecule has 0 aliphatic carbocycles. The van der Waals surface area contributed by atoms with Crippen LogP contribution in [0.3, 0.4) is 0 Å². The molecule has 0 amide bonds. The first-order valence-corrected chi connectivity index (χ1v) is 12.9. The van der Waals surface area contributed by atoms with Gasteiger partial charge in [0.05, 0.1) is 12.2 Å². The van der Waals surface area contributed by atoms with Crippen LogP contribution in [0.2, 0.25) is 0 Å². The number of likely N-dealkylation sites (N-methyl/N-ethyl adjacent to an activating group) is 1. The predicted molar refractivity (Wildman–Crippen MR) is 132 cm³/mol. The summed E-state index contributed by atoms with van der Waals surface area (Å²) in [4.78, 5) is 22.7. The van der Waals surface area contributed by atoms with Gasteiger partial charge in [-0.3, -0.25) is 4.79 Å². The average Bonchev–Trinajstić information content (AvgIpc) is 3.14. The van der Waals surface area contributed by atoms with Crippen molar-refractivity contribution in [1.29, 1.82) is 0 Å². The molecule has 1 heterocycles. The number of likely N-dealkylation sites (tertiary alicyclic amines) is 1. The number of aldehydes is 1. The standard InChI is InChI=1S/C16H30O3.C8H17NO.C2H6/c17-15-13-11-9-7-5-3-1-2-4-6-8-10-12-14-16(18)19;1-7(2)10-8-4-5-9(3)6-8;1-2/h15H,1-14H2,(H,18,19);7-8H,4-6H2,1-3H3;1-2H3. The largest absolute Gasteiger partial charge is 0.481 e. The van der Waals surface area contributed by atoms with E-state index in [4.69, 9.17) is 9.84 Å². The minimum absolute atomic E-state index is 0.324. The van der Waals surface area contributed by atoms with Gasteiger partial charge in [0, 0.05) is 25.9 Å². The number of carboxylic acids is 1. The van der Waals surface area contributed by atoms with E-state index in [-0.39, 0.29) is 0 Å². The third kappa shape index (κ3) is 27.0. The second-order valence-corrected chi connectivity index (χ2v) is 8.70. The molecular formula is C26H53NO4. The Hall–Kier alpha value is -0.940. The number of rotatable bonds is 17. The fourth-order valence-electron chi connectivity index (χ4n) is 3.66. The highest BCUT2D eigenvalue weighted by Gasteiger charge is 2.20. The Morgan fingerprint density at radius 1 is 0.935 bits per heavy atom. The molecule has 0 spiro atoms. The first kappa shape index (κ1) is 32.2. The second kappa shape index (κ2) is 25.3. The van der Waals surface area contributed by atoms with Crippen LogP contribution in [0.4, 0.5) is 0 Å². The Balaban J connectivity index is 0. The molecule has 0 aromatic heterocycles. The van der Waals surface area contributed by atoms with Crippen molar-refractivity contribution in [3.8, 4) is 0 Å². The number of nitrogens with zero attached hydrogens (tertiary/aromatic N) is 1. The number of aliphatic carboxylic acids is 1. The minimum Gasteiger partial charge on any atom is -0.481 e. The Morgan fingerprint density at radius 3 is 1.74 bits per heavy atom. The molecule has 1 rings (SSSR count). The zero-order valence-corrected chi connectivity index (χ0v) is 21.4. The maximum Gasteiger partial charge on any atom is 0.303 e. The average molecular weight is 444 g/mol. The monoisotopic (exact) mass is 443 g/mol. The van der Waals surface area contributed by atoms with Crippen molar-refractivity contribution < 1.29 is 19.4 Å². The molecule has 0 saturated carbocycles. The summed E-state index contributed by atoms with van der Waals surface area (Å²) < 4.78 is 5.64. The third-order valence-electron chi connectivity index (χ3n) is 5.28.